The van der Waals surface area contributed by atoms with Crippen molar-refractivity contribution >= 4 is 10.0 Å². The topological polar surface area (TPSA) is 81.0 Å². The molecule has 0 saturated carbocycles. The van der Waals surface area contributed by atoms with Crippen molar-refractivity contribution in [2.75, 3.05) is 13.6 Å². The summed E-state index contributed by atoms with van der Waals surface area (Å²) in [6.45, 7) is 0.971. The quantitative estimate of drug-likeness (QED) is 0.754. The van der Waals surface area contributed by atoms with Crippen LogP contribution in [0, 0.1) is 0 Å². The molecule has 2 N–H and O–H groups in total. The standard InChI is InChI=1S/C13H21N5O2S/c1-14-9-12-8-13(10-17(12)2)21(19,20)16-7-5-11-4-6-15-18(11)3/h4,6,8,10,14,16H,5,7,9H2,1-3H3. The van der Waals surface area contributed by atoms with Crippen molar-refractivity contribution in [1.82, 2.24) is 24.4 Å². The first-order valence-electron chi connectivity index (χ1n) is 6.70. The minimum absolute atomic E-state index is 0.292. The van der Waals surface area contributed by atoms with Crippen LogP contribution in [-0.4, -0.2) is 36.4 Å². The average molecular weight is 311 g/mol. The molecule has 2 heterocycles. The fraction of sp³-hybridized carbons (Fsp3) is 0.462. The van der Waals surface area contributed by atoms with E-state index in [1.54, 1.807) is 23.1 Å². The van der Waals surface area contributed by atoms with Gasteiger partial charge in [-0.2, -0.15) is 5.10 Å². The highest BCUT2D eigenvalue weighted by Crippen LogP contribution is 2.13. The maximum absolute atomic E-state index is 12.2. The molecule has 0 aliphatic heterocycles. The van der Waals surface area contributed by atoms with Gasteiger partial charge in [-0.25, -0.2) is 13.1 Å². The summed E-state index contributed by atoms with van der Waals surface area (Å²) in [5.74, 6) is 0. The lowest BCUT2D eigenvalue weighted by Crippen LogP contribution is -2.26. The van der Waals surface area contributed by atoms with Crippen molar-refractivity contribution in [3.63, 3.8) is 0 Å². The fourth-order valence-electron chi connectivity index (χ4n) is 2.12. The number of aromatic nitrogens is 3. The Hall–Kier alpha value is -1.64. The van der Waals surface area contributed by atoms with Gasteiger partial charge in [-0.1, -0.05) is 0 Å². The second-order valence-electron chi connectivity index (χ2n) is 4.90. The second-order valence-corrected chi connectivity index (χ2v) is 6.67. The average Bonchev–Trinajstić information content (AvgIpc) is 2.98. The first-order chi connectivity index (χ1) is 9.94. The first kappa shape index (κ1) is 15.7. The van der Waals surface area contributed by atoms with E-state index < -0.39 is 10.0 Å². The first-order valence-corrected chi connectivity index (χ1v) is 8.19. The molecule has 0 unspecified atom stereocenters. The van der Waals surface area contributed by atoms with E-state index in [2.05, 4.69) is 15.1 Å². The van der Waals surface area contributed by atoms with Crippen LogP contribution in [0.1, 0.15) is 11.4 Å². The molecule has 0 radical (unpaired) electrons. The van der Waals surface area contributed by atoms with Gasteiger partial charge in [-0.3, -0.25) is 4.68 Å². The summed E-state index contributed by atoms with van der Waals surface area (Å²) < 4.78 is 30.7. The van der Waals surface area contributed by atoms with E-state index in [0.29, 0.717) is 24.4 Å². The predicted octanol–water partition coefficient (Wildman–Crippen LogP) is -0.00100. The van der Waals surface area contributed by atoms with Crippen LogP contribution in [0.5, 0.6) is 0 Å². The molecule has 21 heavy (non-hydrogen) atoms. The van der Waals surface area contributed by atoms with Crippen LogP contribution in [0.2, 0.25) is 0 Å². The van der Waals surface area contributed by atoms with E-state index in [1.165, 1.54) is 0 Å². The molecule has 0 saturated heterocycles. The van der Waals surface area contributed by atoms with E-state index in [-0.39, 0.29) is 0 Å². The highest BCUT2D eigenvalue weighted by molar-refractivity contribution is 7.89. The van der Waals surface area contributed by atoms with Crippen LogP contribution >= 0.6 is 0 Å². The molecule has 7 nitrogen and oxygen atoms in total. The lowest BCUT2D eigenvalue weighted by molar-refractivity contribution is 0.579. The third-order valence-corrected chi connectivity index (χ3v) is 4.77. The molecule has 0 aliphatic carbocycles. The zero-order valence-electron chi connectivity index (χ0n) is 12.5. The highest BCUT2D eigenvalue weighted by atomic mass is 32.2. The monoisotopic (exact) mass is 311 g/mol. The van der Waals surface area contributed by atoms with Gasteiger partial charge in [0.05, 0.1) is 4.90 Å². The van der Waals surface area contributed by atoms with Gasteiger partial charge in [-0.15, -0.1) is 0 Å². The number of nitrogens with one attached hydrogen (secondary N) is 2. The minimum Gasteiger partial charge on any atom is -0.352 e. The number of nitrogens with zero attached hydrogens (tertiary/aromatic N) is 3. The lowest BCUT2D eigenvalue weighted by atomic mass is 10.3. The molecule has 2 aromatic rings. The van der Waals surface area contributed by atoms with Gasteiger partial charge in [0.2, 0.25) is 10.0 Å². The Kier molecular flexibility index (Phi) is 4.81. The Morgan fingerprint density at radius 2 is 2.05 bits per heavy atom. The normalized spacial score (nSPS) is 12.0. The number of hydrogen-bond acceptors (Lipinski definition) is 4. The van der Waals surface area contributed by atoms with Crippen LogP contribution in [0.15, 0.2) is 29.4 Å². The molecule has 2 rings (SSSR count). The Morgan fingerprint density at radius 1 is 1.29 bits per heavy atom. The summed E-state index contributed by atoms with van der Waals surface area (Å²) in [4.78, 5) is 0.292. The van der Waals surface area contributed by atoms with Gasteiger partial charge >= 0.3 is 0 Å². The molecular weight excluding hydrogens is 290 g/mol. The van der Waals surface area contributed by atoms with Crippen LogP contribution in [-0.2, 0) is 37.1 Å². The van der Waals surface area contributed by atoms with E-state index in [9.17, 15) is 8.42 Å². The van der Waals surface area contributed by atoms with Gasteiger partial charge < -0.3 is 9.88 Å². The SMILES string of the molecule is CNCc1cc(S(=O)(=O)NCCc2ccnn2C)cn1C. The third-order valence-electron chi connectivity index (χ3n) is 3.35. The Morgan fingerprint density at radius 3 is 2.67 bits per heavy atom. The van der Waals surface area contributed by atoms with E-state index >= 15 is 0 Å². The summed E-state index contributed by atoms with van der Waals surface area (Å²) in [5, 5.41) is 7.07. The van der Waals surface area contributed by atoms with Gasteiger partial charge in [0.15, 0.2) is 0 Å². The summed E-state index contributed by atoms with van der Waals surface area (Å²) in [6.07, 6.45) is 3.93. The molecule has 0 fully saturated rings. The fourth-order valence-corrected chi connectivity index (χ4v) is 3.25. The van der Waals surface area contributed by atoms with Crippen molar-refractivity contribution in [2.45, 2.75) is 17.9 Å². The number of sulfonamides is 1. The maximum Gasteiger partial charge on any atom is 0.242 e. The molecule has 0 bridgehead atoms. The van der Waals surface area contributed by atoms with Crippen molar-refractivity contribution in [3.8, 4) is 0 Å². The lowest BCUT2D eigenvalue weighted by Gasteiger charge is -2.05. The maximum atomic E-state index is 12.2. The third kappa shape index (κ3) is 3.72. The number of hydrogen-bond donors (Lipinski definition) is 2. The van der Waals surface area contributed by atoms with Crippen molar-refractivity contribution in [1.29, 1.82) is 0 Å². The summed E-state index contributed by atoms with van der Waals surface area (Å²) in [5.41, 5.74) is 1.91. The van der Waals surface area contributed by atoms with Crippen LogP contribution in [0.4, 0.5) is 0 Å². The molecule has 2 aromatic heterocycles. The summed E-state index contributed by atoms with van der Waals surface area (Å²) in [6, 6.07) is 3.56. The zero-order chi connectivity index (χ0) is 15.5. The van der Waals surface area contributed by atoms with E-state index in [4.69, 9.17) is 0 Å². The molecule has 0 amide bonds. The largest absolute Gasteiger partial charge is 0.352 e. The van der Waals surface area contributed by atoms with Crippen LogP contribution in [0.25, 0.3) is 0 Å². The molecule has 0 spiro atoms. The van der Waals surface area contributed by atoms with Gasteiger partial charge in [-0.05, 0) is 19.2 Å². The van der Waals surface area contributed by atoms with Gasteiger partial charge in [0.1, 0.15) is 0 Å². The molecule has 0 aromatic carbocycles. The number of rotatable bonds is 7. The summed E-state index contributed by atoms with van der Waals surface area (Å²) >= 11 is 0. The minimum atomic E-state index is -3.47. The summed E-state index contributed by atoms with van der Waals surface area (Å²) in [7, 11) is 2.03. The molecule has 0 atom stereocenters. The van der Waals surface area contributed by atoms with Gasteiger partial charge in [0, 0.05) is 57.4 Å². The molecular formula is C13H21N5O2S. The van der Waals surface area contributed by atoms with Crippen LogP contribution in [0.3, 0.4) is 0 Å². The van der Waals surface area contributed by atoms with Crippen molar-refractivity contribution in [3.05, 3.63) is 35.9 Å². The molecule has 0 aliphatic rings. The Bertz CT molecular complexity index is 702. The van der Waals surface area contributed by atoms with Gasteiger partial charge in [0.25, 0.3) is 0 Å². The van der Waals surface area contributed by atoms with Crippen LogP contribution < -0.4 is 10.0 Å². The second kappa shape index (κ2) is 6.42. The molecule has 116 valence electrons. The van der Waals surface area contributed by atoms with Crippen molar-refractivity contribution in [2.24, 2.45) is 14.1 Å². The predicted molar refractivity (Wildman–Crippen MR) is 80.3 cm³/mol. The Labute approximate surface area is 125 Å². The molecule has 8 heteroatoms. The Balaban J connectivity index is 2.01. The highest BCUT2D eigenvalue weighted by Gasteiger charge is 2.17. The van der Waals surface area contributed by atoms with E-state index in [0.717, 1.165) is 11.4 Å². The number of aryl methyl sites for hydroxylation is 2. The van der Waals surface area contributed by atoms with Crippen molar-refractivity contribution < 1.29 is 8.42 Å². The smallest absolute Gasteiger partial charge is 0.242 e. The zero-order valence-corrected chi connectivity index (χ0v) is 13.3. The van der Waals surface area contributed by atoms with E-state index in [1.807, 2.05) is 31.8 Å².